The van der Waals surface area contributed by atoms with Crippen LogP contribution in [0, 0.1) is 0 Å². The first-order valence-corrected chi connectivity index (χ1v) is 8.56. The molecule has 96 valence electrons. The number of benzene rings is 1. The van der Waals surface area contributed by atoms with Gasteiger partial charge in [0.1, 0.15) is 0 Å². The number of fused-ring (bicyclic) bond motifs is 2. The fraction of sp³-hybridized carbons (Fsp3) is 0.500. The van der Waals surface area contributed by atoms with Gasteiger partial charge in [0.15, 0.2) is 0 Å². The molecule has 2 atom stereocenters. The first-order valence-electron chi connectivity index (χ1n) is 6.35. The molecule has 2 saturated heterocycles. The van der Waals surface area contributed by atoms with E-state index in [1.165, 1.54) is 12.0 Å². The van der Waals surface area contributed by atoms with Crippen molar-refractivity contribution in [3.63, 3.8) is 0 Å². The largest absolute Gasteiger partial charge is 0.337 e. The molecule has 0 aromatic heterocycles. The Bertz CT molecular complexity index is 423. The van der Waals surface area contributed by atoms with E-state index in [-0.39, 0.29) is 0 Å². The van der Waals surface area contributed by atoms with Gasteiger partial charge in [-0.05, 0) is 12.0 Å². The fourth-order valence-corrected chi connectivity index (χ4v) is 4.92. The van der Waals surface area contributed by atoms with Crippen LogP contribution in [0.25, 0.3) is 0 Å². The third-order valence-corrected chi connectivity index (χ3v) is 5.94. The van der Waals surface area contributed by atoms with E-state index in [0.717, 1.165) is 23.3 Å². The number of carbonyl (C=O) groups is 1. The summed E-state index contributed by atoms with van der Waals surface area (Å²) in [5.74, 6) is 3.05. The lowest BCUT2D eigenvalue weighted by Gasteiger charge is -2.26. The maximum absolute atomic E-state index is 12.1. The van der Waals surface area contributed by atoms with Crippen LogP contribution in [0.1, 0.15) is 12.0 Å². The Balaban J connectivity index is 1.45. The molecule has 2 nitrogen and oxygen atoms in total. The number of likely N-dealkylation sites (tertiary alicyclic amines) is 1. The molecule has 18 heavy (non-hydrogen) atoms. The van der Waals surface area contributed by atoms with Gasteiger partial charge in [-0.3, -0.25) is 4.79 Å². The van der Waals surface area contributed by atoms with Crippen LogP contribution < -0.4 is 0 Å². The van der Waals surface area contributed by atoms with Gasteiger partial charge in [-0.15, -0.1) is 11.8 Å². The predicted octanol–water partition coefficient (Wildman–Crippen LogP) is 2.64. The lowest BCUT2D eigenvalue weighted by Crippen LogP contribution is -2.40. The topological polar surface area (TPSA) is 20.3 Å². The van der Waals surface area contributed by atoms with E-state index >= 15 is 0 Å². The Morgan fingerprint density at radius 1 is 1.39 bits per heavy atom. The van der Waals surface area contributed by atoms with Crippen LogP contribution in [0.3, 0.4) is 0 Å². The fourth-order valence-electron chi connectivity index (χ4n) is 2.62. The molecular formula is C14H17NOS2. The Hall–Kier alpha value is -0.610. The molecule has 2 aliphatic heterocycles. The molecule has 0 radical (unpaired) electrons. The van der Waals surface area contributed by atoms with Crippen molar-refractivity contribution in [1.29, 1.82) is 0 Å². The van der Waals surface area contributed by atoms with E-state index in [1.807, 2.05) is 30.0 Å². The van der Waals surface area contributed by atoms with Gasteiger partial charge in [-0.2, -0.15) is 11.8 Å². The molecule has 0 N–H and O–H groups in total. The molecule has 0 saturated carbocycles. The molecule has 4 heteroatoms. The van der Waals surface area contributed by atoms with Crippen molar-refractivity contribution in [2.24, 2.45) is 0 Å². The minimum absolute atomic E-state index is 0.337. The third-order valence-electron chi connectivity index (χ3n) is 3.56. The summed E-state index contributed by atoms with van der Waals surface area (Å²) in [5, 5.41) is 0.720. The van der Waals surface area contributed by atoms with E-state index in [0.29, 0.717) is 17.7 Å². The minimum atomic E-state index is 0.337. The summed E-state index contributed by atoms with van der Waals surface area (Å²) in [7, 11) is 0. The smallest absolute Gasteiger partial charge is 0.232 e. The van der Waals surface area contributed by atoms with E-state index < -0.39 is 0 Å². The summed E-state index contributed by atoms with van der Waals surface area (Å²) in [5.41, 5.74) is 1.30. The van der Waals surface area contributed by atoms with Crippen LogP contribution in [0.2, 0.25) is 0 Å². The molecule has 2 unspecified atom stereocenters. The lowest BCUT2D eigenvalue weighted by molar-refractivity contribution is -0.128. The van der Waals surface area contributed by atoms with Crippen molar-refractivity contribution in [3.8, 4) is 0 Å². The number of hydrogen-bond acceptors (Lipinski definition) is 3. The quantitative estimate of drug-likeness (QED) is 0.845. The van der Waals surface area contributed by atoms with E-state index in [2.05, 4.69) is 17.0 Å². The number of amides is 1. The Labute approximate surface area is 117 Å². The number of rotatable bonds is 4. The predicted molar refractivity (Wildman–Crippen MR) is 79.0 cm³/mol. The first kappa shape index (κ1) is 12.4. The average Bonchev–Trinajstić information content (AvgIpc) is 3.02. The van der Waals surface area contributed by atoms with Crippen molar-refractivity contribution in [2.45, 2.75) is 23.5 Å². The zero-order chi connectivity index (χ0) is 12.4. The van der Waals surface area contributed by atoms with Crippen molar-refractivity contribution in [2.75, 3.05) is 18.1 Å². The summed E-state index contributed by atoms with van der Waals surface area (Å²) in [6, 6.07) is 10.9. The van der Waals surface area contributed by atoms with Crippen LogP contribution in [0.4, 0.5) is 0 Å². The molecule has 3 rings (SSSR count). The summed E-state index contributed by atoms with van der Waals surface area (Å²) in [6.07, 6.45) is 1.22. The van der Waals surface area contributed by atoms with Gasteiger partial charge < -0.3 is 4.90 Å². The van der Waals surface area contributed by atoms with Crippen molar-refractivity contribution in [1.82, 2.24) is 4.90 Å². The highest BCUT2D eigenvalue weighted by Crippen LogP contribution is 2.37. The van der Waals surface area contributed by atoms with E-state index in [1.54, 1.807) is 11.8 Å². The molecule has 1 amide bonds. The highest BCUT2D eigenvalue weighted by atomic mass is 32.2. The van der Waals surface area contributed by atoms with Gasteiger partial charge >= 0.3 is 0 Å². The second-order valence-electron chi connectivity index (χ2n) is 4.87. The van der Waals surface area contributed by atoms with Gasteiger partial charge in [0.05, 0.1) is 5.75 Å². The second-order valence-corrected chi connectivity index (χ2v) is 7.19. The van der Waals surface area contributed by atoms with Crippen LogP contribution >= 0.6 is 23.5 Å². The van der Waals surface area contributed by atoms with Crippen LogP contribution in [-0.4, -0.2) is 40.1 Å². The van der Waals surface area contributed by atoms with Crippen LogP contribution in [0.5, 0.6) is 0 Å². The minimum Gasteiger partial charge on any atom is -0.337 e. The highest BCUT2D eigenvalue weighted by Gasteiger charge is 2.40. The van der Waals surface area contributed by atoms with Gasteiger partial charge in [0, 0.05) is 29.3 Å². The van der Waals surface area contributed by atoms with Crippen LogP contribution in [0.15, 0.2) is 30.3 Å². The SMILES string of the molecule is O=C(CSCc1ccccc1)N1CC2CC1CS2. The number of thioether (sulfide) groups is 2. The summed E-state index contributed by atoms with van der Waals surface area (Å²) in [4.78, 5) is 14.2. The number of nitrogens with zero attached hydrogens (tertiary/aromatic N) is 1. The average molecular weight is 279 g/mol. The zero-order valence-corrected chi connectivity index (χ0v) is 11.9. The molecule has 2 fully saturated rings. The highest BCUT2D eigenvalue weighted by molar-refractivity contribution is 8.00. The Morgan fingerprint density at radius 3 is 2.89 bits per heavy atom. The summed E-state index contributed by atoms with van der Waals surface area (Å²) in [6.45, 7) is 0.986. The first-order chi connectivity index (χ1) is 8.83. The molecule has 0 aliphatic carbocycles. The van der Waals surface area contributed by atoms with Crippen molar-refractivity contribution < 1.29 is 4.79 Å². The van der Waals surface area contributed by atoms with Gasteiger partial charge in [0.25, 0.3) is 0 Å². The molecule has 2 aliphatic rings. The second kappa shape index (κ2) is 5.57. The molecule has 2 bridgehead atoms. The maximum atomic E-state index is 12.1. The molecule has 2 heterocycles. The van der Waals surface area contributed by atoms with Crippen molar-refractivity contribution in [3.05, 3.63) is 35.9 Å². The molecule has 1 aromatic rings. The summed E-state index contributed by atoms with van der Waals surface area (Å²) >= 11 is 3.76. The standard InChI is InChI=1S/C14H17NOS2/c16-14(15-7-13-6-12(15)9-18-13)10-17-8-11-4-2-1-3-5-11/h1-5,12-13H,6-10H2. The normalized spacial score (nSPS) is 25.7. The van der Waals surface area contributed by atoms with Crippen LogP contribution in [-0.2, 0) is 10.5 Å². The number of carbonyl (C=O) groups excluding carboxylic acids is 1. The maximum Gasteiger partial charge on any atom is 0.232 e. The summed E-state index contributed by atoms with van der Waals surface area (Å²) < 4.78 is 0. The Kier molecular flexibility index (Phi) is 3.85. The van der Waals surface area contributed by atoms with Gasteiger partial charge in [-0.1, -0.05) is 30.3 Å². The third kappa shape index (κ3) is 2.69. The monoisotopic (exact) mass is 279 g/mol. The van der Waals surface area contributed by atoms with Gasteiger partial charge in [0.2, 0.25) is 5.91 Å². The lowest BCUT2D eigenvalue weighted by atomic mass is 10.2. The van der Waals surface area contributed by atoms with Gasteiger partial charge in [-0.25, -0.2) is 0 Å². The van der Waals surface area contributed by atoms with E-state index in [4.69, 9.17) is 0 Å². The molecular weight excluding hydrogens is 262 g/mol. The Morgan fingerprint density at radius 2 is 2.22 bits per heavy atom. The van der Waals surface area contributed by atoms with Crippen molar-refractivity contribution >= 4 is 29.4 Å². The number of hydrogen-bond donors (Lipinski definition) is 0. The zero-order valence-electron chi connectivity index (χ0n) is 10.2. The molecule has 1 aromatic carbocycles. The van der Waals surface area contributed by atoms with E-state index in [9.17, 15) is 4.79 Å². The molecule has 0 spiro atoms.